The number of pyridine rings is 2. The number of carbonyl (C=O) groups is 2. The molecule has 0 saturated carbocycles. The van der Waals surface area contributed by atoms with Gasteiger partial charge in [-0.2, -0.15) is 13.2 Å². The predicted octanol–water partition coefficient (Wildman–Crippen LogP) is 3.39. The van der Waals surface area contributed by atoms with E-state index >= 15 is 0 Å². The average molecular weight is 426 g/mol. The highest BCUT2D eigenvalue weighted by Crippen LogP contribution is 2.32. The van der Waals surface area contributed by atoms with E-state index in [2.05, 4.69) is 15.3 Å². The topological polar surface area (TPSA) is 101 Å². The molecule has 0 unspecified atom stereocenters. The van der Waals surface area contributed by atoms with E-state index in [1.807, 2.05) is 0 Å². The van der Waals surface area contributed by atoms with Gasteiger partial charge in [0.25, 0.3) is 5.91 Å². The summed E-state index contributed by atoms with van der Waals surface area (Å²) in [6.07, 6.45) is -4.12. The van der Waals surface area contributed by atoms with E-state index in [0.29, 0.717) is 23.2 Å². The van der Waals surface area contributed by atoms with Gasteiger partial charge in [-0.05, 0) is 12.1 Å². The number of hydrogen-bond donors (Lipinski definition) is 2. The lowest BCUT2D eigenvalue weighted by Crippen LogP contribution is -2.22. The minimum absolute atomic E-state index is 0.0390. The van der Waals surface area contributed by atoms with Crippen molar-refractivity contribution in [3.05, 3.63) is 69.1 Å². The molecule has 2 heterocycles. The third-order valence-corrected chi connectivity index (χ3v) is 4.02. The van der Waals surface area contributed by atoms with E-state index in [1.165, 1.54) is 0 Å². The van der Waals surface area contributed by atoms with Gasteiger partial charge in [0.1, 0.15) is 0 Å². The Bertz CT molecular complexity index is 1160. The van der Waals surface area contributed by atoms with Crippen LogP contribution in [0.5, 0.6) is 0 Å². The van der Waals surface area contributed by atoms with E-state index in [9.17, 15) is 27.6 Å². The number of fused-ring (bicyclic) bond motifs is 1. The molecular formula is C18H11ClF3N3O4. The summed E-state index contributed by atoms with van der Waals surface area (Å²) < 4.78 is 42.7. The van der Waals surface area contributed by atoms with Gasteiger partial charge >= 0.3 is 12.1 Å². The predicted molar refractivity (Wildman–Crippen MR) is 97.7 cm³/mol. The number of halogens is 4. The number of aromatic amines is 1. The second kappa shape index (κ2) is 7.92. The van der Waals surface area contributed by atoms with Crippen molar-refractivity contribution in [2.45, 2.75) is 6.18 Å². The van der Waals surface area contributed by atoms with Gasteiger partial charge in [0.15, 0.2) is 12.4 Å². The smallest absolute Gasteiger partial charge is 0.417 e. The van der Waals surface area contributed by atoms with Crippen LogP contribution in [0.2, 0.25) is 5.02 Å². The number of rotatable bonds is 4. The van der Waals surface area contributed by atoms with Gasteiger partial charge in [-0.3, -0.25) is 9.59 Å². The average Bonchev–Trinajstić information content (AvgIpc) is 2.66. The van der Waals surface area contributed by atoms with Crippen molar-refractivity contribution in [2.75, 3.05) is 11.9 Å². The van der Waals surface area contributed by atoms with Crippen molar-refractivity contribution in [1.29, 1.82) is 0 Å². The van der Waals surface area contributed by atoms with E-state index in [-0.39, 0.29) is 11.4 Å². The second-order valence-electron chi connectivity index (χ2n) is 5.77. The van der Waals surface area contributed by atoms with Crippen molar-refractivity contribution in [2.24, 2.45) is 0 Å². The lowest BCUT2D eigenvalue weighted by atomic mass is 10.1. The van der Waals surface area contributed by atoms with Crippen molar-refractivity contribution in [1.82, 2.24) is 9.97 Å². The Morgan fingerprint density at radius 2 is 1.93 bits per heavy atom. The third-order valence-electron chi connectivity index (χ3n) is 3.73. The maximum absolute atomic E-state index is 12.6. The Morgan fingerprint density at radius 3 is 2.62 bits per heavy atom. The van der Waals surface area contributed by atoms with Gasteiger partial charge in [0, 0.05) is 23.2 Å². The number of nitrogens with zero attached hydrogens (tertiary/aromatic N) is 1. The van der Waals surface area contributed by atoms with Gasteiger partial charge < -0.3 is 15.0 Å². The number of hydrogen-bond acceptors (Lipinski definition) is 5. The first-order chi connectivity index (χ1) is 13.6. The minimum atomic E-state index is -4.63. The number of aromatic nitrogens is 2. The van der Waals surface area contributed by atoms with Crippen LogP contribution in [0.15, 0.2) is 47.4 Å². The second-order valence-corrected chi connectivity index (χ2v) is 6.18. The first-order valence-electron chi connectivity index (χ1n) is 7.97. The molecular weight excluding hydrogens is 415 g/mol. The fourth-order valence-corrected chi connectivity index (χ4v) is 2.65. The molecule has 0 aliphatic carbocycles. The standard InChI is InChI=1S/C18H11ClF3N3O4/c19-12-5-9(18(20,21)22)7-23-16(12)25-15(27)8-29-17(28)11-6-14(26)24-13-4-2-1-3-10(11)13/h1-7H,8H2,(H,24,26)(H,23,25,27). The van der Waals surface area contributed by atoms with Gasteiger partial charge in [-0.15, -0.1) is 0 Å². The van der Waals surface area contributed by atoms with Crippen LogP contribution in [-0.4, -0.2) is 28.5 Å². The van der Waals surface area contributed by atoms with E-state index in [1.54, 1.807) is 24.3 Å². The third kappa shape index (κ3) is 4.72. The molecule has 0 aliphatic heterocycles. The summed E-state index contributed by atoms with van der Waals surface area (Å²) in [6.45, 7) is -0.765. The van der Waals surface area contributed by atoms with E-state index < -0.39 is 40.8 Å². The Morgan fingerprint density at radius 1 is 1.21 bits per heavy atom. The highest BCUT2D eigenvalue weighted by molar-refractivity contribution is 6.33. The largest absolute Gasteiger partial charge is 0.452 e. The van der Waals surface area contributed by atoms with Crippen LogP contribution in [0.25, 0.3) is 10.9 Å². The van der Waals surface area contributed by atoms with Crippen LogP contribution >= 0.6 is 11.6 Å². The summed E-state index contributed by atoms with van der Waals surface area (Å²) in [5.41, 5.74) is -1.23. The van der Waals surface area contributed by atoms with Crippen molar-refractivity contribution in [3.8, 4) is 0 Å². The highest BCUT2D eigenvalue weighted by atomic mass is 35.5. The zero-order chi connectivity index (χ0) is 21.2. The molecule has 2 aromatic heterocycles. The normalized spacial score (nSPS) is 11.3. The number of anilines is 1. The minimum Gasteiger partial charge on any atom is -0.452 e. The number of para-hydroxylation sites is 1. The summed E-state index contributed by atoms with van der Waals surface area (Å²) in [4.78, 5) is 41.9. The molecule has 0 radical (unpaired) electrons. The molecule has 2 N–H and O–H groups in total. The van der Waals surface area contributed by atoms with Crippen LogP contribution in [0.1, 0.15) is 15.9 Å². The molecule has 150 valence electrons. The van der Waals surface area contributed by atoms with Gasteiger partial charge in [0.2, 0.25) is 5.56 Å². The fourth-order valence-electron chi connectivity index (χ4n) is 2.44. The number of nitrogens with one attached hydrogen (secondary N) is 2. The lowest BCUT2D eigenvalue weighted by molar-refractivity contribution is -0.137. The molecule has 0 aliphatic rings. The fraction of sp³-hybridized carbons (Fsp3) is 0.111. The summed E-state index contributed by atoms with van der Waals surface area (Å²) in [7, 11) is 0. The van der Waals surface area contributed by atoms with E-state index in [4.69, 9.17) is 16.3 Å². The summed E-state index contributed by atoms with van der Waals surface area (Å²) in [5, 5.41) is 2.14. The molecule has 3 rings (SSSR count). The van der Waals surface area contributed by atoms with Crippen LogP contribution in [0, 0.1) is 0 Å². The Kier molecular flexibility index (Phi) is 5.55. The molecule has 0 atom stereocenters. The zero-order valence-electron chi connectivity index (χ0n) is 14.3. The zero-order valence-corrected chi connectivity index (χ0v) is 15.1. The molecule has 7 nitrogen and oxygen atoms in total. The molecule has 0 spiro atoms. The number of benzene rings is 1. The maximum atomic E-state index is 12.6. The van der Waals surface area contributed by atoms with Crippen LogP contribution in [0.3, 0.4) is 0 Å². The molecule has 1 aromatic carbocycles. The lowest BCUT2D eigenvalue weighted by Gasteiger charge is -2.10. The van der Waals surface area contributed by atoms with Crippen LogP contribution in [-0.2, 0) is 15.7 Å². The van der Waals surface area contributed by atoms with Crippen molar-refractivity contribution in [3.63, 3.8) is 0 Å². The van der Waals surface area contributed by atoms with Gasteiger partial charge in [-0.25, -0.2) is 9.78 Å². The van der Waals surface area contributed by atoms with Gasteiger partial charge in [-0.1, -0.05) is 29.8 Å². The quantitative estimate of drug-likeness (QED) is 0.624. The van der Waals surface area contributed by atoms with Crippen LogP contribution in [0.4, 0.5) is 19.0 Å². The Hall–Kier alpha value is -3.40. The number of carbonyl (C=O) groups excluding carboxylic acids is 2. The van der Waals surface area contributed by atoms with Gasteiger partial charge in [0.05, 0.1) is 16.1 Å². The molecule has 29 heavy (non-hydrogen) atoms. The monoisotopic (exact) mass is 425 g/mol. The Balaban J connectivity index is 1.69. The van der Waals surface area contributed by atoms with Crippen molar-refractivity contribution >= 4 is 40.2 Å². The van der Waals surface area contributed by atoms with E-state index in [0.717, 1.165) is 6.07 Å². The van der Waals surface area contributed by atoms with Crippen molar-refractivity contribution < 1.29 is 27.5 Å². The first kappa shape index (κ1) is 20.3. The number of amides is 1. The summed E-state index contributed by atoms with van der Waals surface area (Å²) >= 11 is 5.70. The summed E-state index contributed by atoms with van der Waals surface area (Å²) in [5.74, 6) is -2.11. The first-order valence-corrected chi connectivity index (χ1v) is 8.35. The Labute approximate surface area is 165 Å². The highest BCUT2D eigenvalue weighted by Gasteiger charge is 2.31. The molecule has 0 bridgehead atoms. The molecule has 0 fully saturated rings. The van der Waals surface area contributed by atoms with Crippen LogP contribution < -0.4 is 10.9 Å². The number of esters is 1. The maximum Gasteiger partial charge on any atom is 0.417 e. The molecule has 11 heteroatoms. The number of alkyl halides is 3. The number of ether oxygens (including phenoxy) is 1. The SMILES string of the molecule is O=C(COC(=O)c1cc(=O)[nH]c2ccccc12)Nc1ncc(C(F)(F)F)cc1Cl. The molecule has 0 saturated heterocycles. The summed E-state index contributed by atoms with van der Waals surface area (Å²) in [6, 6.07) is 8.16. The number of H-pyrrole nitrogens is 1. The molecule has 1 amide bonds. The molecule has 3 aromatic rings.